The molecule has 0 radical (unpaired) electrons. The van der Waals surface area contributed by atoms with E-state index in [0.717, 1.165) is 0 Å². The molecule has 0 aliphatic heterocycles. The van der Waals surface area contributed by atoms with Gasteiger partial charge in [-0.15, -0.1) is 15.7 Å². The summed E-state index contributed by atoms with van der Waals surface area (Å²) in [5.41, 5.74) is -2.62. The molecule has 1 atom stereocenters. The smallest absolute Gasteiger partial charge is 0.386 e. The molecular weight excluding hydrogens is 460 g/mol. The van der Waals surface area contributed by atoms with Crippen molar-refractivity contribution in [2.45, 2.75) is 56.0 Å². The first kappa shape index (κ1) is 23.6. The van der Waals surface area contributed by atoms with Gasteiger partial charge >= 0.3 is 12.2 Å². The highest BCUT2D eigenvalue weighted by molar-refractivity contribution is 7.93. The molecule has 31 heavy (non-hydrogen) atoms. The second-order valence-corrected chi connectivity index (χ2v) is 10.5. The number of fused-ring (bicyclic) bond motifs is 1. The van der Waals surface area contributed by atoms with Gasteiger partial charge < -0.3 is 10.4 Å². The number of carbonyl (C=O) groups excluding carboxylic acids is 1. The summed E-state index contributed by atoms with van der Waals surface area (Å²) in [6, 6.07) is -1.28. The van der Waals surface area contributed by atoms with E-state index in [1.54, 1.807) is 0 Å². The zero-order valence-corrected chi connectivity index (χ0v) is 18.4. The van der Waals surface area contributed by atoms with Crippen LogP contribution in [0.5, 0.6) is 0 Å². The maximum Gasteiger partial charge on any atom is 0.433 e. The molecule has 2 aromatic rings. The number of thiophene rings is 1. The minimum absolute atomic E-state index is 0.109. The molecule has 0 spiro atoms. The Bertz CT molecular complexity index is 1180. The lowest BCUT2D eigenvalue weighted by Crippen LogP contribution is -2.21. The summed E-state index contributed by atoms with van der Waals surface area (Å²) in [6.45, 7) is 3.79. The molecule has 7 nitrogen and oxygen atoms in total. The SMILES string of the molecule is Cc1c(C(F)(F)F)nc2c(c1NC(=O)N=S(N)(=O)c1scc(C(C)(C)O)c1F)CCC2. The number of aromatic nitrogens is 1. The van der Waals surface area contributed by atoms with E-state index in [9.17, 15) is 31.7 Å². The van der Waals surface area contributed by atoms with Crippen LogP contribution in [0.1, 0.15) is 48.3 Å². The Morgan fingerprint density at radius 1 is 1.35 bits per heavy atom. The summed E-state index contributed by atoms with van der Waals surface area (Å²) < 4.78 is 70.2. The van der Waals surface area contributed by atoms with Crippen molar-refractivity contribution in [3.63, 3.8) is 0 Å². The molecule has 3 rings (SSSR count). The van der Waals surface area contributed by atoms with Crippen molar-refractivity contribution in [2.75, 3.05) is 5.32 Å². The predicted molar refractivity (Wildman–Crippen MR) is 108 cm³/mol. The van der Waals surface area contributed by atoms with Crippen LogP contribution in [-0.4, -0.2) is 20.3 Å². The number of rotatable bonds is 3. The van der Waals surface area contributed by atoms with Gasteiger partial charge in [-0.3, -0.25) is 0 Å². The van der Waals surface area contributed by atoms with Crippen molar-refractivity contribution in [1.82, 2.24) is 4.98 Å². The number of pyridine rings is 1. The monoisotopic (exact) mass is 480 g/mol. The molecule has 2 amide bonds. The fraction of sp³-hybridized carbons (Fsp3) is 0.444. The first-order valence-corrected chi connectivity index (χ1v) is 11.5. The summed E-state index contributed by atoms with van der Waals surface area (Å²) in [4.78, 5) is 16.1. The quantitative estimate of drug-likeness (QED) is 0.569. The van der Waals surface area contributed by atoms with E-state index in [-0.39, 0.29) is 22.5 Å². The van der Waals surface area contributed by atoms with Gasteiger partial charge in [0.2, 0.25) is 0 Å². The molecule has 0 fully saturated rings. The molecule has 4 N–H and O–H groups in total. The fourth-order valence-corrected chi connectivity index (χ4v) is 5.74. The standard InChI is InChI=1S/C18H20F4N4O3S2/c1-8-13(9-5-4-6-11(9)24-14(8)18(20,21)22)25-16(27)26-31(23,29)15-12(19)10(7-30-15)17(2,3)28/h7,28H,4-6H2,1-3H3,(H3,23,24,25,26,27,29). The summed E-state index contributed by atoms with van der Waals surface area (Å²) in [5.74, 6) is -1.05. The van der Waals surface area contributed by atoms with Crippen molar-refractivity contribution in [1.29, 1.82) is 0 Å². The number of nitrogens with zero attached hydrogens (tertiary/aromatic N) is 2. The molecule has 0 saturated carbocycles. The lowest BCUT2D eigenvalue weighted by Gasteiger charge is -2.17. The molecule has 0 bridgehead atoms. The van der Waals surface area contributed by atoms with Gasteiger partial charge in [0.05, 0.1) is 11.3 Å². The number of amides is 2. The number of nitrogens with two attached hydrogens (primary N) is 1. The number of halogens is 4. The lowest BCUT2D eigenvalue weighted by molar-refractivity contribution is -0.141. The molecular formula is C18H20F4N4O3S2. The zero-order chi connectivity index (χ0) is 23.4. The van der Waals surface area contributed by atoms with Crippen LogP contribution in [0.4, 0.5) is 28.0 Å². The number of urea groups is 1. The second-order valence-electron chi connectivity index (χ2n) is 7.64. The maximum absolute atomic E-state index is 14.6. The van der Waals surface area contributed by atoms with E-state index in [2.05, 4.69) is 14.7 Å². The van der Waals surface area contributed by atoms with Crippen LogP contribution in [0.2, 0.25) is 0 Å². The van der Waals surface area contributed by atoms with Gasteiger partial charge in [-0.25, -0.2) is 23.5 Å². The number of hydrogen-bond acceptors (Lipinski definition) is 5. The molecule has 0 aromatic carbocycles. The summed E-state index contributed by atoms with van der Waals surface area (Å²) >= 11 is 0.619. The third kappa shape index (κ3) is 4.59. The highest BCUT2D eigenvalue weighted by Gasteiger charge is 2.38. The van der Waals surface area contributed by atoms with Gasteiger partial charge in [0.1, 0.15) is 5.69 Å². The summed E-state index contributed by atoms with van der Waals surface area (Å²) in [5, 5.41) is 19.0. The average molecular weight is 481 g/mol. The Hall–Kier alpha value is -2.09. The van der Waals surface area contributed by atoms with Gasteiger partial charge in [0.15, 0.2) is 19.9 Å². The Morgan fingerprint density at radius 3 is 2.55 bits per heavy atom. The van der Waals surface area contributed by atoms with Crippen LogP contribution in [0.3, 0.4) is 0 Å². The highest BCUT2D eigenvalue weighted by Crippen LogP contribution is 2.39. The minimum atomic E-state index is -4.73. The molecule has 2 aromatic heterocycles. The number of hydrogen-bond donors (Lipinski definition) is 3. The lowest BCUT2D eigenvalue weighted by atomic mass is 10.0. The van der Waals surface area contributed by atoms with Crippen molar-refractivity contribution in [3.05, 3.63) is 39.3 Å². The molecule has 0 saturated heterocycles. The summed E-state index contributed by atoms with van der Waals surface area (Å²) in [6.07, 6.45) is -3.43. The first-order valence-electron chi connectivity index (χ1n) is 9.08. The topological polar surface area (TPSA) is 118 Å². The van der Waals surface area contributed by atoms with Crippen LogP contribution in [-0.2, 0) is 34.5 Å². The Labute approximate surface area is 180 Å². The van der Waals surface area contributed by atoms with Crippen molar-refractivity contribution >= 4 is 33.0 Å². The molecule has 170 valence electrons. The molecule has 1 unspecified atom stereocenters. The van der Waals surface area contributed by atoms with Gasteiger partial charge in [-0.05, 0) is 45.6 Å². The van der Waals surface area contributed by atoms with Crippen LogP contribution in [0.15, 0.2) is 14.0 Å². The van der Waals surface area contributed by atoms with E-state index in [4.69, 9.17) is 5.14 Å². The average Bonchev–Trinajstić information content (AvgIpc) is 3.21. The normalized spacial score (nSPS) is 16.0. The Balaban J connectivity index is 2.01. The fourth-order valence-electron chi connectivity index (χ4n) is 3.36. The maximum atomic E-state index is 14.6. The number of nitrogens with one attached hydrogen (secondary N) is 1. The summed E-state index contributed by atoms with van der Waals surface area (Å²) in [7, 11) is -4.06. The number of alkyl halides is 3. The molecule has 13 heteroatoms. The number of carbonyl (C=O) groups is 1. The van der Waals surface area contributed by atoms with Gasteiger partial charge in [0, 0.05) is 22.2 Å². The second kappa shape index (κ2) is 7.80. The van der Waals surface area contributed by atoms with Gasteiger partial charge in [-0.1, -0.05) is 0 Å². The highest BCUT2D eigenvalue weighted by atomic mass is 32.2. The minimum Gasteiger partial charge on any atom is -0.386 e. The third-order valence-electron chi connectivity index (χ3n) is 4.81. The first-order chi connectivity index (χ1) is 14.1. The van der Waals surface area contributed by atoms with Crippen molar-refractivity contribution in [2.24, 2.45) is 9.50 Å². The van der Waals surface area contributed by atoms with Crippen LogP contribution < -0.4 is 10.5 Å². The zero-order valence-electron chi connectivity index (χ0n) is 16.8. The number of aliphatic hydroxyl groups is 1. The molecule has 1 aliphatic carbocycles. The van der Waals surface area contributed by atoms with E-state index in [1.165, 1.54) is 26.2 Å². The number of anilines is 1. The predicted octanol–water partition coefficient (Wildman–Crippen LogP) is 4.26. The van der Waals surface area contributed by atoms with Crippen LogP contribution >= 0.6 is 11.3 Å². The Kier molecular flexibility index (Phi) is 5.93. The van der Waals surface area contributed by atoms with E-state index in [1.807, 2.05) is 0 Å². The van der Waals surface area contributed by atoms with E-state index < -0.39 is 43.4 Å². The van der Waals surface area contributed by atoms with Crippen molar-refractivity contribution in [3.8, 4) is 0 Å². The largest absolute Gasteiger partial charge is 0.433 e. The number of aryl methyl sites for hydroxylation is 1. The molecule has 2 heterocycles. The Morgan fingerprint density at radius 2 is 2.00 bits per heavy atom. The van der Waals surface area contributed by atoms with Crippen LogP contribution in [0.25, 0.3) is 0 Å². The third-order valence-corrected chi connectivity index (χ3v) is 7.71. The van der Waals surface area contributed by atoms with Crippen molar-refractivity contribution < 1.29 is 31.7 Å². The van der Waals surface area contributed by atoms with Gasteiger partial charge in [0.25, 0.3) is 0 Å². The van der Waals surface area contributed by atoms with E-state index in [0.29, 0.717) is 36.2 Å². The van der Waals surface area contributed by atoms with E-state index >= 15 is 0 Å². The van der Waals surface area contributed by atoms with Crippen LogP contribution in [0, 0.1) is 12.7 Å². The molecule has 1 aliphatic rings. The van der Waals surface area contributed by atoms with Gasteiger partial charge in [-0.2, -0.15) is 13.2 Å².